The predicted molar refractivity (Wildman–Crippen MR) is 72.4 cm³/mol. The third-order valence-corrected chi connectivity index (χ3v) is 3.53. The molecule has 18 heavy (non-hydrogen) atoms. The molecule has 100 valence electrons. The van der Waals surface area contributed by atoms with Crippen molar-refractivity contribution < 1.29 is 4.39 Å². The summed E-state index contributed by atoms with van der Waals surface area (Å²) in [5.74, 6) is -0.239. The van der Waals surface area contributed by atoms with E-state index in [9.17, 15) is 4.39 Å². The summed E-state index contributed by atoms with van der Waals surface area (Å²) in [7, 11) is 0. The average molecular weight is 272 g/mol. The van der Waals surface area contributed by atoms with Crippen molar-refractivity contribution >= 4 is 11.6 Å². The van der Waals surface area contributed by atoms with Crippen LogP contribution in [-0.2, 0) is 6.54 Å². The van der Waals surface area contributed by atoms with Gasteiger partial charge in [-0.15, -0.1) is 0 Å². The Labute approximate surface area is 112 Å². The molecule has 0 saturated carbocycles. The minimum Gasteiger partial charge on any atom is -0.314 e. The Morgan fingerprint density at radius 3 is 2.83 bits per heavy atom. The average Bonchev–Trinajstić information content (AvgIpc) is 2.38. The fourth-order valence-corrected chi connectivity index (χ4v) is 2.32. The van der Waals surface area contributed by atoms with E-state index in [1.807, 2.05) is 0 Å². The van der Waals surface area contributed by atoms with Gasteiger partial charge < -0.3 is 10.6 Å². The third kappa shape index (κ3) is 3.92. The normalized spacial score (nSPS) is 17.0. The van der Waals surface area contributed by atoms with Gasteiger partial charge >= 0.3 is 0 Å². The molecule has 2 N–H and O–H groups in total. The lowest BCUT2D eigenvalue weighted by molar-refractivity contribution is 0.241. The van der Waals surface area contributed by atoms with Crippen molar-refractivity contribution in [2.24, 2.45) is 0 Å². The number of halogens is 2. The zero-order chi connectivity index (χ0) is 12.8. The molecule has 0 unspecified atom stereocenters. The predicted octanol–water partition coefficient (Wildman–Crippen LogP) is 1.47. The Morgan fingerprint density at radius 2 is 2.11 bits per heavy atom. The third-order valence-electron chi connectivity index (χ3n) is 3.18. The number of hydrogen-bond donors (Lipinski definition) is 2. The number of benzene rings is 1. The van der Waals surface area contributed by atoms with Gasteiger partial charge in [0, 0.05) is 56.4 Å². The summed E-state index contributed by atoms with van der Waals surface area (Å²) in [5.41, 5.74) is 0.555. The summed E-state index contributed by atoms with van der Waals surface area (Å²) in [5, 5.41) is 7.05. The first-order valence-corrected chi connectivity index (χ1v) is 6.72. The van der Waals surface area contributed by atoms with Crippen LogP contribution in [0.4, 0.5) is 4.39 Å². The molecule has 2 rings (SSSR count). The van der Waals surface area contributed by atoms with Crippen molar-refractivity contribution in [3.63, 3.8) is 0 Å². The van der Waals surface area contributed by atoms with Crippen LogP contribution < -0.4 is 10.6 Å². The second kappa shape index (κ2) is 7.04. The Hall–Kier alpha value is -0.680. The van der Waals surface area contributed by atoms with E-state index in [0.717, 1.165) is 39.3 Å². The summed E-state index contributed by atoms with van der Waals surface area (Å²) >= 11 is 5.96. The molecule has 1 aromatic rings. The molecule has 0 atom stereocenters. The molecule has 1 heterocycles. The van der Waals surface area contributed by atoms with Gasteiger partial charge in [0.25, 0.3) is 0 Å². The maximum absolute atomic E-state index is 13.5. The summed E-state index contributed by atoms with van der Waals surface area (Å²) < 4.78 is 13.5. The topological polar surface area (TPSA) is 27.3 Å². The van der Waals surface area contributed by atoms with Crippen LogP contribution in [0, 0.1) is 5.82 Å². The summed E-state index contributed by atoms with van der Waals surface area (Å²) in [4.78, 5) is 2.40. The standard InChI is InChI=1S/C13H19ClFN3/c14-12-2-1-3-13(15)11(12)10-17-6-9-18-7-4-16-5-8-18/h1-3,16-17H,4-10H2. The van der Waals surface area contributed by atoms with Crippen LogP contribution in [-0.4, -0.2) is 44.2 Å². The second-order valence-corrected chi connectivity index (χ2v) is 4.88. The first-order chi connectivity index (χ1) is 8.77. The van der Waals surface area contributed by atoms with Crippen LogP contribution in [0.15, 0.2) is 18.2 Å². The molecule has 0 amide bonds. The van der Waals surface area contributed by atoms with Gasteiger partial charge in [0.15, 0.2) is 0 Å². The largest absolute Gasteiger partial charge is 0.314 e. The molecular formula is C13H19ClFN3. The van der Waals surface area contributed by atoms with Crippen molar-refractivity contribution in [1.82, 2.24) is 15.5 Å². The Morgan fingerprint density at radius 1 is 1.33 bits per heavy atom. The van der Waals surface area contributed by atoms with Gasteiger partial charge in [-0.05, 0) is 12.1 Å². The highest BCUT2D eigenvalue weighted by atomic mass is 35.5. The number of hydrogen-bond acceptors (Lipinski definition) is 3. The number of rotatable bonds is 5. The molecule has 1 aromatic carbocycles. The van der Waals surface area contributed by atoms with E-state index in [-0.39, 0.29) is 5.82 Å². The molecule has 1 saturated heterocycles. The Kier molecular flexibility index (Phi) is 5.38. The van der Waals surface area contributed by atoms with Gasteiger partial charge in [0.1, 0.15) is 5.82 Å². The van der Waals surface area contributed by atoms with E-state index >= 15 is 0 Å². The lowest BCUT2D eigenvalue weighted by Gasteiger charge is -2.27. The number of nitrogens with one attached hydrogen (secondary N) is 2. The molecule has 3 nitrogen and oxygen atoms in total. The second-order valence-electron chi connectivity index (χ2n) is 4.47. The highest BCUT2D eigenvalue weighted by Gasteiger charge is 2.09. The van der Waals surface area contributed by atoms with E-state index in [2.05, 4.69) is 15.5 Å². The lowest BCUT2D eigenvalue weighted by Crippen LogP contribution is -2.45. The zero-order valence-electron chi connectivity index (χ0n) is 10.4. The van der Waals surface area contributed by atoms with Crippen LogP contribution in [0.3, 0.4) is 0 Å². The van der Waals surface area contributed by atoms with Crippen LogP contribution in [0.1, 0.15) is 5.56 Å². The van der Waals surface area contributed by atoms with Gasteiger partial charge in [-0.25, -0.2) is 4.39 Å². The van der Waals surface area contributed by atoms with Gasteiger partial charge in [-0.2, -0.15) is 0 Å². The first kappa shape index (κ1) is 13.7. The van der Waals surface area contributed by atoms with Crippen molar-refractivity contribution in [2.45, 2.75) is 6.54 Å². The van der Waals surface area contributed by atoms with Crippen LogP contribution in [0.5, 0.6) is 0 Å². The molecule has 0 radical (unpaired) electrons. The van der Waals surface area contributed by atoms with Gasteiger partial charge in [-0.1, -0.05) is 17.7 Å². The number of piperazine rings is 1. The summed E-state index contributed by atoms with van der Waals surface area (Å²) in [6.45, 7) is 6.61. The number of nitrogens with zero attached hydrogens (tertiary/aromatic N) is 1. The molecule has 1 aliphatic rings. The van der Waals surface area contributed by atoms with Crippen molar-refractivity contribution in [2.75, 3.05) is 39.3 Å². The molecule has 1 aliphatic heterocycles. The van der Waals surface area contributed by atoms with Crippen LogP contribution in [0.25, 0.3) is 0 Å². The zero-order valence-corrected chi connectivity index (χ0v) is 11.1. The maximum Gasteiger partial charge on any atom is 0.129 e. The van der Waals surface area contributed by atoms with Crippen molar-refractivity contribution in [3.05, 3.63) is 34.6 Å². The van der Waals surface area contributed by atoms with E-state index in [4.69, 9.17) is 11.6 Å². The highest BCUT2D eigenvalue weighted by molar-refractivity contribution is 6.31. The van der Waals surface area contributed by atoms with Crippen molar-refractivity contribution in [3.8, 4) is 0 Å². The van der Waals surface area contributed by atoms with E-state index < -0.39 is 0 Å². The first-order valence-electron chi connectivity index (χ1n) is 6.34. The quantitative estimate of drug-likeness (QED) is 0.795. The van der Waals surface area contributed by atoms with Crippen molar-refractivity contribution in [1.29, 1.82) is 0 Å². The van der Waals surface area contributed by atoms with Gasteiger partial charge in [-0.3, -0.25) is 4.90 Å². The smallest absolute Gasteiger partial charge is 0.129 e. The molecular weight excluding hydrogens is 253 g/mol. The van der Waals surface area contributed by atoms with E-state index in [1.54, 1.807) is 12.1 Å². The van der Waals surface area contributed by atoms with Gasteiger partial charge in [0.05, 0.1) is 0 Å². The van der Waals surface area contributed by atoms with Crippen LogP contribution in [0.2, 0.25) is 5.02 Å². The fraction of sp³-hybridized carbons (Fsp3) is 0.538. The fourth-order valence-electron chi connectivity index (χ4n) is 2.09. The molecule has 0 aromatic heterocycles. The SMILES string of the molecule is Fc1cccc(Cl)c1CNCCN1CCNCC1. The minimum absolute atomic E-state index is 0.239. The molecule has 0 bridgehead atoms. The molecule has 0 aliphatic carbocycles. The molecule has 1 fully saturated rings. The monoisotopic (exact) mass is 271 g/mol. The van der Waals surface area contributed by atoms with Crippen LogP contribution >= 0.6 is 11.6 Å². The minimum atomic E-state index is -0.239. The lowest BCUT2D eigenvalue weighted by atomic mass is 10.2. The van der Waals surface area contributed by atoms with E-state index in [0.29, 0.717) is 17.1 Å². The summed E-state index contributed by atoms with van der Waals surface area (Å²) in [6.07, 6.45) is 0. The summed E-state index contributed by atoms with van der Waals surface area (Å²) in [6, 6.07) is 4.79. The molecule has 5 heteroatoms. The van der Waals surface area contributed by atoms with Gasteiger partial charge in [0.2, 0.25) is 0 Å². The Bertz CT molecular complexity index is 360. The maximum atomic E-state index is 13.5. The van der Waals surface area contributed by atoms with E-state index in [1.165, 1.54) is 6.07 Å². The Balaban J connectivity index is 1.71. The molecule has 0 spiro atoms. The highest BCUT2D eigenvalue weighted by Crippen LogP contribution is 2.18.